The number of imide groups is 1. The van der Waals surface area contributed by atoms with Gasteiger partial charge in [-0.2, -0.15) is 0 Å². The molecule has 3 aromatic rings. The molecule has 0 bridgehead atoms. The molecule has 0 spiro atoms. The van der Waals surface area contributed by atoms with Crippen molar-refractivity contribution in [2.24, 2.45) is 0 Å². The first-order valence-electron chi connectivity index (χ1n) is 9.03. The lowest BCUT2D eigenvalue weighted by Gasteiger charge is -2.24. The van der Waals surface area contributed by atoms with Crippen molar-refractivity contribution in [3.05, 3.63) is 70.3 Å². The summed E-state index contributed by atoms with van der Waals surface area (Å²) in [5.74, 6) is -1.04. The van der Waals surface area contributed by atoms with Crippen LogP contribution in [0.5, 0.6) is 0 Å². The van der Waals surface area contributed by atoms with E-state index >= 15 is 0 Å². The van der Waals surface area contributed by atoms with Crippen molar-refractivity contribution >= 4 is 57.6 Å². The van der Waals surface area contributed by atoms with Crippen LogP contribution < -0.4 is 10.6 Å². The van der Waals surface area contributed by atoms with Crippen molar-refractivity contribution < 1.29 is 14.4 Å². The lowest BCUT2D eigenvalue weighted by Crippen LogP contribution is -2.42. The van der Waals surface area contributed by atoms with Crippen LogP contribution in [0, 0.1) is 0 Å². The van der Waals surface area contributed by atoms with E-state index in [0.29, 0.717) is 10.6 Å². The number of nitrogens with one attached hydrogen (secondary N) is 2. The Balaban J connectivity index is 1.58. The molecular weight excluding hydrogens is 427 g/mol. The number of carbonyl (C=O) groups excluding carboxylic acids is 3. The van der Waals surface area contributed by atoms with E-state index in [1.807, 2.05) is 36.4 Å². The minimum Gasteiger partial charge on any atom is -0.319 e. The average Bonchev–Trinajstić information content (AvgIpc) is 2.93. The average molecular weight is 443 g/mol. The number of carbonyl (C=O) groups is 3. The molecule has 0 saturated carbocycles. The number of anilines is 1. The number of benzene rings is 2. The SMILES string of the molecule is CC1(c2cccc3ccccc23)NC(=O)N(CC(=O)Nc2ncc(Cl)cc2Cl)C1=O. The third kappa shape index (κ3) is 3.46. The zero-order valence-electron chi connectivity index (χ0n) is 15.8. The van der Waals surface area contributed by atoms with Crippen molar-refractivity contribution in [3.8, 4) is 0 Å². The van der Waals surface area contributed by atoms with Crippen LogP contribution in [0.25, 0.3) is 10.8 Å². The van der Waals surface area contributed by atoms with Gasteiger partial charge in [0.05, 0.1) is 10.0 Å². The Labute approximate surface area is 182 Å². The van der Waals surface area contributed by atoms with Crippen LogP contribution in [0.1, 0.15) is 12.5 Å². The fourth-order valence-corrected chi connectivity index (χ4v) is 3.93. The maximum atomic E-state index is 13.2. The van der Waals surface area contributed by atoms with Crippen LogP contribution in [0.2, 0.25) is 10.0 Å². The van der Waals surface area contributed by atoms with Crippen LogP contribution >= 0.6 is 23.2 Å². The second kappa shape index (κ2) is 7.59. The summed E-state index contributed by atoms with van der Waals surface area (Å²) in [5.41, 5.74) is -0.640. The zero-order chi connectivity index (χ0) is 21.5. The van der Waals surface area contributed by atoms with E-state index in [1.165, 1.54) is 12.3 Å². The third-order valence-corrected chi connectivity index (χ3v) is 5.47. The fraction of sp³-hybridized carbons (Fsp3) is 0.143. The monoisotopic (exact) mass is 442 g/mol. The number of hydrogen-bond acceptors (Lipinski definition) is 4. The van der Waals surface area contributed by atoms with Gasteiger partial charge in [-0.3, -0.25) is 14.5 Å². The molecule has 1 aliphatic heterocycles. The number of rotatable bonds is 4. The molecule has 1 aromatic heterocycles. The Bertz CT molecular complexity index is 1190. The van der Waals surface area contributed by atoms with E-state index in [9.17, 15) is 14.4 Å². The smallest absolute Gasteiger partial charge is 0.319 e. The number of aromatic nitrogens is 1. The Morgan fingerprint density at radius 2 is 1.90 bits per heavy atom. The highest BCUT2D eigenvalue weighted by molar-refractivity contribution is 6.36. The third-order valence-electron chi connectivity index (χ3n) is 4.97. The number of halogens is 2. The molecule has 2 N–H and O–H groups in total. The van der Waals surface area contributed by atoms with Crippen molar-refractivity contribution in [2.45, 2.75) is 12.5 Å². The molecule has 4 amide bonds. The van der Waals surface area contributed by atoms with Crippen LogP contribution in [0.15, 0.2) is 54.7 Å². The van der Waals surface area contributed by atoms with E-state index in [0.717, 1.165) is 15.7 Å². The van der Waals surface area contributed by atoms with Crippen molar-refractivity contribution in [2.75, 3.05) is 11.9 Å². The summed E-state index contributed by atoms with van der Waals surface area (Å²) in [6.07, 6.45) is 1.33. The van der Waals surface area contributed by atoms with E-state index in [2.05, 4.69) is 15.6 Å². The molecule has 2 heterocycles. The van der Waals surface area contributed by atoms with E-state index in [-0.39, 0.29) is 10.8 Å². The van der Waals surface area contributed by atoms with Gasteiger partial charge in [-0.25, -0.2) is 9.78 Å². The predicted molar refractivity (Wildman–Crippen MR) is 114 cm³/mol. The van der Waals surface area contributed by atoms with Gasteiger partial charge < -0.3 is 10.6 Å². The highest BCUT2D eigenvalue weighted by Crippen LogP contribution is 2.33. The lowest BCUT2D eigenvalue weighted by molar-refractivity contribution is -0.133. The molecule has 7 nitrogen and oxygen atoms in total. The van der Waals surface area contributed by atoms with E-state index in [1.54, 1.807) is 13.0 Å². The molecule has 1 aliphatic rings. The molecular formula is C21H16Cl2N4O3. The minimum absolute atomic E-state index is 0.0925. The molecule has 1 fully saturated rings. The van der Waals surface area contributed by atoms with Gasteiger partial charge in [0.15, 0.2) is 5.82 Å². The van der Waals surface area contributed by atoms with Crippen LogP contribution in [-0.2, 0) is 15.1 Å². The summed E-state index contributed by atoms with van der Waals surface area (Å²) in [6, 6.07) is 13.9. The Kier molecular flexibility index (Phi) is 5.09. The molecule has 1 unspecified atom stereocenters. The molecule has 30 heavy (non-hydrogen) atoms. The van der Waals surface area contributed by atoms with Gasteiger partial charge in [-0.15, -0.1) is 0 Å². The first-order chi connectivity index (χ1) is 14.3. The summed E-state index contributed by atoms with van der Waals surface area (Å²) >= 11 is 11.8. The molecule has 4 rings (SSSR count). The molecule has 0 radical (unpaired) electrons. The van der Waals surface area contributed by atoms with E-state index in [4.69, 9.17) is 23.2 Å². The van der Waals surface area contributed by atoms with Gasteiger partial charge in [0.1, 0.15) is 12.1 Å². The summed E-state index contributed by atoms with van der Waals surface area (Å²) in [4.78, 5) is 43.0. The lowest BCUT2D eigenvalue weighted by atomic mass is 9.88. The second-order valence-electron chi connectivity index (χ2n) is 7.01. The molecule has 152 valence electrons. The van der Waals surface area contributed by atoms with Gasteiger partial charge in [0.25, 0.3) is 5.91 Å². The standard InChI is InChI=1S/C21H16Cl2N4O3/c1-21(15-8-4-6-12-5-2-3-7-14(12)15)19(29)27(20(30)26-21)11-17(28)25-18-16(23)9-13(22)10-24-18/h2-10H,11H2,1H3,(H,26,30)(H,24,25,28). The highest BCUT2D eigenvalue weighted by atomic mass is 35.5. The molecule has 0 aliphatic carbocycles. The van der Waals surface area contributed by atoms with Crippen LogP contribution in [0.3, 0.4) is 0 Å². The number of fused-ring (bicyclic) bond motifs is 1. The Hall–Kier alpha value is -3.16. The van der Waals surface area contributed by atoms with Gasteiger partial charge in [-0.1, -0.05) is 65.7 Å². The topological polar surface area (TPSA) is 91.4 Å². The summed E-state index contributed by atoms with van der Waals surface area (Å²) < 4.78 is 0. The fourth-order valence-electron chi connectivity index (χ4n) is 3.51. The second-order valence-corrected chi connectivity index (χ2v) is 7.85. The first-order valence-corrected chi connectivity index (χ1v) is 9.78. The molecule has 1 saturated heterocycles. The summed E-state index contributed by atoms with van der Waals surface area (Å²) in [5, 5.41) is 7.47. The molecule has 1 atom stereocenters. The van der Waals surface area contributed by atoms with Crippen molar-refractivity contribution in [1.29, 1.82) is 0 Å². The van der Waals surface area contributed by atoms with Crippen molar-refractivity contribution in [1.82, 2.24) is 15.2 Å². The maximum Gasteiger partial charge on any atom is 0.325 e. The number of urea groups is 1. The van der Waals surface area contributed by atoms with Gasteiger partial charge in [-0.05, 0) is 29.3 Å². The van der Waals surface area contributed by atoms with Crippen molar-refractivity contribution in [3.63, 3.8) is 0 Å². The van der Waals surface area contributed by atoms with Gasteiger partial charge in [0, 0.05) is 6.20 Å². The normalized spacial score (nSPS) is 18.6. The van der Waals surface area contributed by atoms with Gasteiger partial charge in [0.2, 0.25) is 5.91 Å². The Morgan fingerprint density at radius 3 is 2.67 bits per heavy atom. The van der Waals surface area contributed by atoms with E-state index < -0.39 is 29.9 Å². The quantitative estimate of drug-likeness (QED) is 0.598. The summed E-state index contributed by atoms with van der Waals surface area (Å²) in [7, 11) is 0. The van der Waals surface area contributed by atoms with Gasteiger partial charge >= 0.3 is 6.03 Å². The summed E-state index contributed by atoms with van der Waals surface area (Å²) in [6.45, 7) is 1.15. The zero-order valence-corrected chi connectivity index (χ0v) is 17.3. The van der Waals surface area contributed by atoms with Crippen LogP contribution in [-0.4, -0.2) is 34.3 Å². The maximum absolute atomic E-state index is 13.2. The Morgan fingerprint density at radius 1 is 1.17 bits per heavy atom. The number of nitrogens with zero attached hydrogens (tertiary/aromatic N) is 2. The number of hydrogen-bond donors (Lipinski definition) is 2. The molecule has 9 heteroatoms. The largest absolute Gasteiger partial charge is 0.325 e. The number of amides is 4. The number of pyridine rings is 1. The highest BCUT2D eigenvalue weighted by Gasteiger charge is 2.50. The molecule has 2 aromatic carbocycles. The van der Waals surface area contributed by atoms with Crippen LogP contribution in [0.4, 0.5) is 10.6 Å². The predicted octanol–water partition coefficient (Wildman–Crippen LogP) is 3.95. The minimum atomic E-state index is -1.30. The first kappa shape index (κ1) is 20.1.